The van der Waals surface area contributed by atoms with Gasteiger partial charge in [-0.2, -0.15) is 0 Å². The third kappa shape index (κ3) is 3.15. The number of hydrogen-bond acceptors (Lipinski definition) is 4. The highest BCUT2D eigenvalue weighted by molar-refractivity contribution is 7.18. The van der Waals surface area contributed by atoms with E-state index >= 15 is 0 Å². The number of aromatic nitrogens is 3. The summed E-state index contributed by atoms with van der Waals surface area (Å²) in [6.07, 6.45) is 4.85. The molecule has 0 saturated carbocycles. The predicted octanol–water partition coefficient (Wildman–Crippen LogP) is 2.75. The number of nitrogens with zero attached hydrogens (tertiary/aromatic N) is 4. The monoisotopic (exact) mass is 359 g/mol. The number of aromatic amines is 1. The number of carbonyl (C=O) groups is 1. The van der Waals surface area contributed by atoms with Crippen LogP contribution in [0.5, 0.6) is 0 Å². The van der Waals surface area contributed by atoms with Gasteiger partial charge in [0.2, 0.25) is 5.91 Å². The molecule has 0 aromatic carbocycles. The van der Waals surface area contributed by atoms with E-state index in [4.69, 9.17) is 0 Å². The van der Waals surface area contributed by atoms with E-state index in [9.17, 15) is 4.79 Å². The van der Waals surface area contributed by atoms with Crippen molar-refractivity contribution in [2.45, 2.75) is 39.2 Å². The SMILES string of the molecule is CCN(CC[C@@]1(C)[C@@H](C)CN1C(=O)CC=P)c1ncnc2[nH]ccc12. The molecule has 1 amide bonds. The van der Waals surface area contributed by atoms with Crippen LogP contribution in [-0.4, -0.2) is 56.7 Å². The van der Waals surface area contributed by atoms with Crippen LogP contribution in [0.15, 0.2) is 18.6 Å². The number of fused-ring (bicyclic) bond motifs is 1. The summed E-state index contributed by atoms with van der Waals surface area (Å²) in [6.45, 7) is 9.13. The maximum absolute atomic E-state index is 12.3. The highest BCUT2D eigenvalue weighted by atomic mass is 31.0. The van der Waals surface area contributed by atoms with Crippen molar-refractivity contribution >= 4 is 37.4 Å². The molecule has 0 unspecified atom stereocenters. The van der Waals surface area contributed by atoms with Crippen molar-refractivity contribution in [3.05, 3.63) is 18.6 Å². The molecule has 1 aliphatic heterocycles. The van der Waals surface area contributed by atoms with Crippen molar-refractivity contribution in [1.82, 2.24) is 19.9 Å². The maximum Gasteiger partial charge on any atom is 0.227 e. The van der Waals surface area contributed by atoms with E-state index in [1.807, 2.05) is 17.2 Å². The number of carbonyl (C=O) groups excluding carboxylic acids is 1. The second-order valence-electron chi connectivity index (χ2n) is 6.94. The highest BCUT2D eigenvalue weighted by Gasteiger charge is 2.48. The van der Waals surface area contributed by atoms with Gasteiger partial charge in [0.25, 0.3) is 0 Å². The second kappa shape index (κ2) is 7.12. The molecule has 6 nitrogen and oxygen atoms in total. The minimum Gasteiger partial charge on any atom is -0.356 e. The van der Waals surface area contributed by atoms with E-state index < -0.39 is 0 Å². The molecule has 3 heterocycles. The van der Waals surface area contributed by atoms with Crippen LogP contribution >= 0.6 is 8.86 Å². The molecule has 1 saturated heterocycles. The number of amides is 1. The van der Waals surface area contributed by atoms with Gasteiger partial charge in [-0.3, -0.25) is 4.79 Å². The number of anilines is 1. The summed E-state index contributed by atoms with van der Waals surface area (Å²) in [6, 6.07) is 2.02. The Morgan fingerprint density at radius 1 is 1.56 bits per heavy atom. The van der Waals surface area contributed by atoms with E-state index in [-0.39, 0.29) is 11.4 Å². The van der Waals surface area contributed by atoms with Crippen LogP contribution in [0.25, 0.3) is 11.0 Å². The molecule has 1 fully saturated rings. The average molecular weight is 359 g/mol. The van der Waals surface area contributed by atoms with Gasteiger partial charge in [-0.05, 0) is 32.3 Å². The third-order valence-corrected chi connectivity index (χ3v) is 5.82. The average Bonchev–Trinajstić information content (AvgIpc) is 3.09. The van der Waals surface area contributed by atoms with Crippen molar-refractivity contribution in [3.8, 4) is 0 Å². The number of rotatable bonds is 7. The Balaban J connectivity index is 1.75. The molecular weight excluding hydrogens is 333 g/mol. The Labute approximate surface area is 150 Å². The third-order valence-electron chi connectivity index (χ3n) is 5.61. The summed E-state index contributed by atoms with van der Waals surface area (Å²) < 4.78 is 0. The van der Waals surface area contributed by atoms with E-state index in [2.05, 4.69) is 49.5 Å². The van der Waals surface area contributed by atoms with Crippen LogP contribution in [0.1, 0.15) is 33.6 Å². The van der Waals surface area contributed by atoms with E-state index in [0.717, 1.165) is 42.9 Å². The summed E-state index contributed by atoms with van der Waals surface area (Å²) in [7, 11) is 3.30. The molecule has 0 radical (unpaired) electrons. The molecule has 134 valence electrons. The Morgan fingerprint density at radius 3 is 3.04 bits per heavy atom. The smallest absolute Gasteiger partial charge is 0.227 e. The lowest BCUT2D eigenvalue weighted by molar-refractivity contribution is -0.153. The zero-order valence-corrected chi connectivity index (χ0v) is 16.1. The minimum absolute atomic E-state index is 0.0932. The Hall–Kier alpha value is -1.94. The molecule has 25 heavy (non-hydrogen) atoms. The zero-order chi connectivity index (χ0) is 18.0. The first kappa shape index (κ1) is 17.9. The van der Waals surface area contributed by atoms with E-state index in [0.29, 0.717) is 12.3 Å². The molecule has 2 aromatic rings. The van der Waals surface area contributed by atoms with Crippen LogP contribution in [0.2, 0.25) is 0 Å². The molecular formula is C18H26N5OP. The van der Waals surface area contributed by atoms with Gasteiger partial charge in [0.05, 0.1) is 5.39 Å². The molecule has 1 N–H and O–H groups in total. The summed E-state index contributed by atoms with van der Waals surface area (Å²) in [5.74, 6) is 3.39. The highest BCUT2D eigenvalue weighted by Crippen LogP contribution is 2.39. The molecule has 0 aliphatic carbocycles. The van der Waals surface area contributed by atoms with Crippen molar-refractivity contribution in [2.75, 3.05) is 24.5 Å². The minimum atomic E-state index is -0.0932. The van der Waals surface area contributed by atoms with Gasteiger partial charge in [-0.15, -0.1) is 8.86 Å². The fourth-order valence-corrected chi connectivity index (χ4v) is 3.86. The lowest BCUT2D eigenvalue weighted by Crippen LogP contribution is -2.67. The first-order chi connectivity index (χ1) is 12.0. The Bertz CT molecular complexity index is 776. The second-order valence-corrected chi connectivity index (χ2v) is 7.35. The molecule has 0 bridgehead atoms. The van der Waals surface area contributed by atoms with Gasteiger partial charge in [-0.25, -0.2) is 9.97 Å². The first-order valence-corrected chi connectivity index (χ1v) is 9.41. The molecule has 0 spiro atoms. The quantitative estimate of drug-likeness (QED) is 0.772. The fraction of sp³-hybridized carbons (Fsp3) is 0.556. The fourth-order valence-electron chi connectivity index (χ4n) is 3.68. The molecule has 2 aromatic heterocycles. The number of nitrogens with one attached hydrogen (secondary N) is 1. The molecule has 7 heteroatoms. The van der Waals surface area contributed by atoms with Gasteiger partial charge in [0.1, 0.15) is 17.8 Å². The van der Waals surface area contributed by atoms with Crippen molar-refractivity contribution in [3.63, 3.8) is 0 Å². The molecule has 3 rings (SSSR count). The number of hydrogen-bond donors (Lipinski definition) is 1. The predicted molar refractivity (Wildman–Crippen MR) is 105 cm³/mol. The largest absolute Gasteiger partial charge is 0.356 e. The standard InChI is InChI=1S/C18H26N5OP/c1-4-22(17-14-5-8-19-16(14)20-12-21-17)9-7-18(3)13(2)11-23(18)15(24)6-10-25/h5,8,10,12-13,25H,4,6-7,9,11H2,1-3H3,(H,19,20,21)/t13-,18-/m0/s1. The van der Waals surface area contributed by atoms with Gasteiger partial charge in [0, 0.05) is 37.8 Å². The van der Waals surface area contributed by atoms with Crippen LogP contribution in [-0.2, 0) is 4.79 Å². The topological polar surface area (TPSA) is 65.1 Å². The Morgan fingerprint density at radius 2 is 2.36 bits per heavy atom. The maximum atomic E-state index is 12.3. The van der Waals surface area contributed by atoms with Gasteiger partial charge >= 0.3 is 0 Å². The van der Waals surface area contributed by atoms with Crippen molar-refractivity contribution < 1.29 is 4.79 Å². The van der Waals surface area contributed by atoms with E-state index in [1.54, 1.807) is 12.1 Å². The van der Waals surface area contributed by atoms with Crippen molar-refractivity contribution in [1.29, 1.82) is 0 Å². The summed E-state index contributed by atoms with van der Waals surface area (Å²) in [4.78, 5) is 28.5. The van der Waals surface area contributed by atoms with Gasteiger partial charge in [-0.1, -0.05) is 12.7 Å². The summed E-state index contributed by atoms with van der Waals surface area (Å²) >= 11 is 0. The lowest BCUT2D eigenvalue weighted by Gasteiger charge is -2.56. The van der Waals surface area contributed by atoms with E-state index in [1.165, 1.54) is 0 Å². The van der Waals surface area contributed by atoms with Gasteiger partial charge < -0.3 is 14.8 Å². The molecule has 2 atom stereocenters. The lowest BCUT2D eigenvalue weighted by atomic mass is 9.73. The van der Waals surface area contributed by atoms with Crippen LogP contribution in [0.3, 0.4) is 0 Å². The molecule has 1 aliphatic rings. The van der Waals surface area contributed by atoms with Crippen LogP contribution in [0, 0.1) is 5.92 Å². The number of likely N-dealkylation sites (tertiary alicyclic amines) is 1. The number of H-pyrrole nitrogens is 1. The normalized spacial score (nSPS) is 22.7. The summed E-state index contributed by atoms with van der Waals surface area (Å²) in [5.41, 5.74) is 0.764. The summed E-state index contributed by atoms with van der Waals surface area (Å²) in [5, 5.41) is 1.04. The van der Waals surface area contributed by atoms with Gasteiger partial charge in [0.15, 0.2) is 0 Å². The van der Waals surface area contributed by atoms with Crippen molar-refractivity contribution in [2.24, 2.45) is 5.92 Å². The van der Waals surface area contributed by atoms with Crippen LogP contribution in [0.4, 0.5) is 5.82 Å². The first-order valence-electron chi connectivity index (χ1n) is 8.83. The Kier molecular flexibility index (Phi) is 5.09. The van der Waals surface area contributed by atoms with Crippen LogP contribution < -0.4 is 4.90 Å². The zero-order valence-electron chi connectivity index (χ0n) is 15.1.